The fourth-order valence-electron chi connectivity index (χ4n) is 1.73. The molecule has 106 valence electrons. The summed E-state index contributed by atoms with van der Waals surface area (Å²) in [7, 11) is 0. The third-order valence-electron chi connectivity index (χ3n) is 2.74. The molecular weight excluding hydrogens is 289 g/mol. The Morgan fingerprint density at radius 2 is 1.85 bits per heavy atom. The van der Waals surface area contributed by atoms with Crippen molar-refractivity contribution < 1.29 is 13.2 Å². The van der Waals surface area contributed by atoms with Gasteiger partial charge in [0.15, 0.2) is 0 Å². The van der Waals surface area contributed by atoms with Crippen molar-refractivity contribution in [2.24, 2.45) is 0 Å². The molecular formula is C14H12ClF3N2. The largest absolute Gasteiger partial charge is 0.417 e. The van der Waals surface area contributed by atoms with Gasteiger partial charge in [-0.2, -0.15) is 13.2 Å². The molecule has 2 rings (SSSR count). The van der Waals surface area contributed by atoms with Gasteiger partial charge in [0, 0.05) is 11.9 Å². The van der Waals surface area contributed by atoms with E-state index in [9.17, 15) is 13.2 Å². The van der Waals surface area contributed by atoms with Crippen LogP contribution in [0.3, 0.4) is 0 Å². The Balaban J connectivity index is 2.23. The summed E-state index contributed by atoms with van der Waals surface area (Å²) in [5.41, 5.74) is 0.806. The molecule has 6 heteroatoms. The fraction of sp³-hybridized carbons (Fsp3) is 0.214. The van der Waals surface area contributed by atoms with Gasteiger partial charge in [-0.25, -0.2) is 4.98 Å². The monoisotopic (exact) mass is 300 g/mol. The van der Waals surface area contributed by atoms with E-state index in [0.29, 0.717) is 5.82 Å². The highest BCUT2D eigenvalue weighted by Crippen LogP contribution is 2.31. The predicted molar refractivity (Wildman–Crippen MR) is 73.2 cm³/mol. The van der Waals surface area contributed by atoms with E-state index in [0.717, 1.165) is 23.5 Å². The van der Waals surface area contributed by atoms with Gasteiger partial charge in [-0.05, 0) is 30.7 Å². The molecule has 1 aromatic heterocycles. The minimum Gasteiger partial charge on any atom is -0.340 e. The molecule has 2 nitrogen and oxygen atoms in total. The zero-order chi connectivity index (χ0) is 14.8. The summed E-state index contributed by atoms with van der Waals surface area (Å²) < 4.78 is 37.3. The summed E-state index contributed by atoms with van der Waals surface area (Å²) in [6.45, 7) is 1.82. The molecule has 0 fully saturated rings. The van der Waals surface area contributed by atoms with E-state index in [-0.39, 0.29) is 5.38 Å². The molecule has 2 aromatic rings. The number of alkyl halides is 4. The molecule has 0 bridgehead atoms. The lowest BCUT2D eigenvalue weighted by atomic mass is 10.1. The van der Waals surface area contributed by atoms with Crippen LogP contribution in [0.15, 0.2) is 42.6 Å². The summed E-state index contributed by atoms with van der Waals surface area (Å²) >= 11 is 6.05. The number of anilines is 2. The lowest BCUT2D eigenvalue weighted by Crippen LogP contribution is -2.06. The minimum absolute atomic E-state index is 0.215. The second-order valence-corrected chi connectivity index (χ2v) is 4.91. The Hall–Kier alpha value is -1.75. The maximum Gasteiger partial charge on any atom is 0.417 e. The summed E-state index contributed by atoms with van der Waals surface area (Å²) in [5.74, 6) is 0.336. The van der Waals surface area contributed by atoms with Gasteiger partial charge in [-0.1, -0.05) is 18.2 Å². The number of halogens is 4. The van der Waals surface area contributed by atoms with Crippen molar-refractivity contribution in [3.05, 3.63) is 53.7 Å². The molecule has 1 heterocycles. The first-order valence-corrected chi connectivity index (χ1v) is 6.35. The van der Waals surface area contributed by atoms with Crippen LogP contribution in [-0.2, 0) is 6.18 Å². The van der Waals surface area contributed by atoms with Crippen LogP contribution in [0.4, 0.5) is 24.7 Å². The molecule has 0 radical (unpaired) electrons. The third kappa shape index (κ3) is 3.42. The smallest absolute Gasteiger partial charge is 0.340 e. The molecule has 20 heavy (non-hydrogen) atoms. The second-order valence-electron chi connectivity index (χ2n) is 4.26. The van der Waals surface area contributed by atoms with Crippen LogP contribution in [0.25, 0.3) is 0 Å². The molecule has 1 N–H and O–H groups in total. The molecule has 0 amide bonds. The molecule has 0 saturated carbocycles. The first kappa shape index (κ1) is 14.7. The van der Waals surface area contributed by atoms with Crippen molar-refractivity contribution in [2.45, 2.75) is 18.5 Å². The van der Waals surface area contributed by atoms with E-state index < -0.39 is 11.7 Å². The maximum absolute atomic E-state index is 12.4. The Morgan fingerprint density at radius 1 is 1.15 bits per heavy atom. The number of nitrogens with one attached hydrogen (secondary N) is 1. The molecule has 0 saturated heterocycles. The topological polar surface area (TPSA) is 24.9 Å². The quantitative estimate of drug-likeness (QED) is 0.794. The second kappa shape index (κ2) is 5.71. The normalized spacial score (nSPS) is 13.1. The van der Waals surface area contributed by atoms with Crippen LogP contribution in [0.1, 0.15) is 23.4 Å². The van der Waals surface area contributed by atoms with Gasteiger partial charge < -0.3 is 5.32 Å². The van der Waals surface area contributed by atoms with Gasteiger partial charge in [0.2, 0.25) is 0 Å². The van der Waals surface area contributed by atoms with Crippen LogP contribution in [0.2, 0.25) is 0 Å². The van der Waals surface area contributed by atoms with Crippen molar-refractivity contribution in [3.8, 4) is 0 Å². The van der Waals surface area contributed by atoms with Crippen LogP contribution in [0.5, 0.6) is 0 Å². The number of nitrogens with zero attached hydrogens (tertiary/aromatic N) is 1. The number of benzene rings is 1. The van der Waals surface area contributed by atoms with Crippen molar-refractivity contribution in [2.75, 3.05) is 5.32 Å². The molecule has 1 unspecified atom stereocenters. The highest BCUT2D eigenvalue weighted by molar-refractivity contribution is 6.21. The highest BCUT2D eigenvalue weighted by Gasteiger charge is 2.30. The average Bonchev–Trinajstić information content (AvgIpc) is 2.38. The first-order chi connectivity index (χ1) is 9.38. The fourth-order valence-corrected chi connectivity index (χ4v) is 1.92. The van der Waals surface area contributed by atoms with Crippen LogP contribution >= 0.6 is 11.6 Å². The van der Waals surface area contributed by atoms with E-state index in [4.69, 9.17) is 11.6 Å². The van der Waals surface area contributed by atoms with Crippen molar-refractivity contribution in [1.29, 1.82) is 0 Å². The Bertz CT molecular complexity index is 580. The van der Waals surface area contributed by atoms with Crippen LogP contribution in [-0.4, -0.2) is 4.98 Å². The van der Waals surface area contributed by atoms with Gasteiger partial charge in [-0.15, -0.1) is 11.6 Å². The molecule has 1 aromatic carbocycles. The highest BCUT2D eigenvalue weighted by atomic mass is 35.5. The molecule has 1 atom stereocenters. The Labute approximate surface area is 119 Å². The van der Waals surface area contributed by atoms with Gasteiger partial charge in [0.1, 0.15) is 5.82 Å². The van der Waals surface area contributed by atoms with Gasteiger partial charge in [-0.3, -0.25) is 0 Å². The number of hydrogen-bond donors (Lipinski definition) is 1. The predicted octanol–water partition coefficient (Wildman–Crippen LogP) is 5.14. The van der Waals surface area contributed by atoms with Gasteiger partial charge >= 0.3 is 6.18 Å². The maximum atomic E-state index is 12.4. The van der Waals surface area contributed by atoms with E-state index in [2.05, 4.69) is 10.3 Å². The van der Waals surface area contributed by atoms with Crippen LogP contribution < -0.4 is 5.32 Å². The van der Waals surface area contributed by atoms with E-state index in [1.165, 1.54) is 6.07 Å². The first-order valence-electron chi connectivity index (χ1n) is 5.91. The number of rotatable bonds is 3. The van der Waals surface area contributed by atoms with Crippen molar-refractivity contribution in [3.63, 3.8) is 0 Å². The number of pyridine rings is 1. The van der Waals surface area contributed by atoms with Crippen molar-refractivity contribution in [1.82, 2.24) is 4.98 Å². The lowest BCUT2D eigenvalue weighted by molar-refractivity contribution is -0.137. The Morgan fingerprint density at radius 3 is 2.40 bits per heavy atom. The number of aromatic nitrogens is 1. The summed E-state index contributed by atoms with van der Waals surface area (Å²) in [5, 5.41) is 2.75. The van der Waals surface area contributed by atoms with E-state index in [1.54, 1.807) is 6.07 Å². The van der Waals surface area contributed by atoms with Gasteiger partial charge in [0.25, 0.3) is 0 Å². The third-order valence-corrected chi connectivity index (χ3v) is 2.98. The Kier molecular flexibility index (Phi) is 4.18. The van der Waals surface area contributed by atoms with Gasteiger partial charge in [0.05, 0.1) is 10.9 Å². The van der Waals surface area contributed by atoms with E-state index >= 15 is 0 Å². The van der Waals surface area contributed by atoms with E-state index in [1.807, 2.05) is 25.1 Å². The molecule has 0 spiro atoms. The zero-order valence-corrected chi connectivity index (χ0v) is 11.3. The number of hydrogen-bond acceptors (Lipinski definition) is 2. The van der Waals surface area contributed by atoms with Crippen LogP contribution in [0, 0.1) is 0 Å². The summed E-state index contributed by atoms with van der Waals surface area (Å²) in [6.07, 6.45) is -3.58. The summed E-state index contributed by atoms with van der Waals surface area (Å²) in [6, 6.07) is 9.59. The molecule has 0 aliphatic carbocycles. The number of para-hydroxylation sites is 1. The lowest BCUT2D eigenvalue weighted by Gasteiger charge is -2.13. The minimum atomic E-state index is -4.38. The summed E-state index contributed by atoms with van der Waals surface area (Å²) in [4.78, 5) is 3.77. The average molecular weight is 301 g/mol. The standard InChI is InChI=1S/C14H12ClF3N2/c1-9(15)11-4-2-3-5-12(11)20-13-7-6-10(8-19-13)14(16,17)18/h2-9H,1H3,(H,19,20). The SMILES string of the molecule is CC(Cl)c1ccccc1Nc1ccc(C(F)(F)F)cn1. The molecule has 0 aliphatic heterocycles. The zero-order valence-electron chi connectivity index (χ0n) is 10.6. The van der Waals surface area contributed by atoms with Crippen molar-refractivity contribution >= 4 is 23.1 Å². The molecule has 0 aliphatic rings.